The number of aromatic amines is 1. The predicted octanol–water partition coefficient (Wildman–Crippen LogP) is 5.85. The number of fused-ring (bicyclic) bond motifs is 4. The molecule has 0 spiro atoms. The third-order valence-corrected chi connectivity index (χ3v) is 6.86. The topological polar surface area (TPSA) is 93.0 Å². The highest BCUT2D eigenvalue weighted by Crippen LogP contribution is 2.42. The molecule has 1 N–H and O–H groups in total. The molecular formula is C29H27FN6O2. The first kappa shape index (κ1) is 24.0. The van der Waals surface area contributed by atoms with Crippen molar-refractivity contribution in [2.24, 2.45) is 0 Å². The lowest BCUT2D eigenvalue weighted by Gasteiger charge is -2.12. The van der Waals surface area contributed by atoms with Crippen molar-refractivity contribution in [1.82, 2.24) is 30.0 Å². The standard InChI is InChI=1S/C29H27FN6O2/c1-15-26(16(2)38-35-15)21-13-23-20(14-24(21)37-5)27-28(33-25(9-11-36(3)4)34-29(27)32-23)18-8-10-31-22-7-6-17(30)12-19(18)22/h6-8,10,12-14H,9,11H2,1-5H3,(H,32,33,34). The van der Waals surface area contributed by atoms with Gasteiger partial charge in [0.2, 0.25) is 0 Å². The van der Waals surface area contributed by atoms with E-state index in [0.717, 1.165) is 50.9 Å². The summed E-state index contributed by atoms with van der Waals surface area (Å²) >= 11 is 0. The summed E-state index contributed by atoms with van der Waals surface area (Å²) in [4.78, 5) is 20.0. The van der Waals surface area contributed by atoms with Crippen LogP contribution in [0.3, 0.4) is 0 Å². The van der Waals surface area contributed by atoms with Gasteiger partial charge in [0, 0.05) is 46.6 Å². The molecule has 0 bridgehead atoms. The van der Waals surface area contributed by atoms with Crippen LogP contribution in [-0.2, 0) is 6.42 Å². The SMILES string of the molecule is COc1cc2c(cc1-c1c(C)noc1C)[nH]c1nc(CCN(C)C)nc(-c3ccnc4ccc(F)cc34)c12. The maximum atomic E-state index is 14.4. The maximum Gasteiger partial charge on any atom is 0.142 e. The Morgan fingerprint density at radius 2 is 1.87 bits per heavy atom. The summed E-state index contributed by atoms with van der Waals surface area (Å²) in [6, 6.07) is 10.5. The Labute approximate surface area is 218 Å². The predicted molar refractivity (Wildman–Crippen MR) is 146 cm³/mol. The second kappa shape index (κ2) is 9.18. The number of nitrogens with one attached hydrogen (secondary N) is 1. The number of ether oxygens (including phenoxy) is 1. The monoisotopic (exact) mass is 510 g/mol. The fraction of sp³-hybridized carbons (Fsp3) is 0.241. The number of rotatable bonds is 6. The Balaban J connectivity index is 1.68. The zero-order valence-electron chi connectivity index (χ0n) is 21.9. The van der Waals surface area contributed by atoms with Crippen LogP contribution in [0, 0.1) is 19.7 Å². The van der Waals surface area contributed by atoms with Crippen LogP contribution >= 0.6 is 0 Å². The number of aromatic nitrogens is 5. The molecule has 4 aromatic heterocycles. The molecule has 0 saturated heterocycles. The Morgan fingerprint density at radius 1 is 1.03 bits per heavy atom. The molecule has 0 amide bonds. The van der Waals surface area contributed by atoms with Crippen molar-refractivity contribution in [2.75, 3.05) is 27.7 Å². The summed E-state index contributed by atoms with van der Waals surface area (Å²) in [5.74, 6) is 1.77. The van der Waals surface area contributed by atoms with E-state index >= 15 is 0 Å². The molecule has 4 heterocycles. The zero-order valence-corrected chi connectivity index (χ0v) is 21.9. The fourth-order valence-electron chi connectivity index (χ4n) is 5.06. The first-order valence-electron chi connectivity index (χ1n) is 12.4. The first-order chi connectivity index (χ1) is 18.3. The van der Waals surface area contributed by atoms with Gasteiger partial charge in [-0.25, -0.2) is 14.4 Å². The number of H-pyrrole nitrogens is 1. The van der Waals surface area contributed by atoms with Gasteiger partial charge in [-0.05, 0) is 64.3 Å². The van der Waals surface area contributed by atoms with Crippen molar-refractivity contribution in [1.29, 1.82) is 0 Å². The smallest absolute Gasteiger partial charge is 0.142 e. The van der Waals surface area contributed by atoms with E-state index in [9.17, 15) is 4.39 Å². The zero-order chi connectivity index (χ0) is 26.6. The van der Waals surface area contributed by atoms with Crippen molar-refractivity contribution in [3.8, 4) is 28.1 Å². The molecule has 38 heavy (non-hydrogen) atoms. The lowest BCUT2D eigenvalue weighted by atomic mass is 9.99. The molecular weight excluding hydrogens is 483 g/mol. The molecule has 0 aliphatic rings. The van der Waals surface area contributed by atoms with Gasteiger partial charge in [0.05, 0.1) is 35.0 Å². The molecule has 0 unspecified atom stereocenters. The summed E-state index contributed by atoms with van der Waals surface area (Å²) in [6.07, 6.45) is 2.39. The van der Waals surface area contributed by atoms with Crippen LogP contribution in [-0.4, -0.2) is 57.7 Å². The summed E-state index contributed by atoms with van der Waals surface area (Å²) < 4.78 is 25.6. The minimum Gasteiger partial charge on any atom is -0.496 e. The van der Waals surface area contributed by atoms with E-state index in [1.807, 2.05) is 46.1 Å². The highest BCUT2D eigenvalue weighted by molar-refractivity contribution is 6.15. The number of benzene rings is 2. The second-order valence-electron chi connectivity index (χ2n) is 9.71. The van der Waals surface area contributed by atoms with Gasteiger partial charge in [0.25, 0.3) is 0 Å². The van der Waals surface area contributed by atoms with E-state index in [2.05, 4.69) is 20.0 Å². The molecule has 6 aromatic rings. The lowest BCUT2D eigenvalue weighted by Crippen LogP contribution is -2.16. The largest absolute Gasteiger partial charge is 0.496 e. The molecule has 0 radical (unpaired) electrons. The van der Waals surface area contributed by atoms with Crippen LogP contribution in [0.4, 0.5) is 4.39 Å². The van der Waals surface area contributed by atoms with Crippen LogP contribution in [0.1, 0.15) is 17.3 Å². The van der Waals surface area contributed by atoms with Crippen molar-refractivity contribution in [3.05, 3.63) is 65.7 Å². The van der Waals surface area contributed by atoms with Gasteiger partial charge >= 0.3 is 0 Å². The van der Waals surface area contributed by atoms with Gasteiger partial charge < -0.3 is 19.1 Å². The van der Waals surface area contributed by atoms with Crippen LogP contribution in [0.25, 0.3) is 55.2 Å². The van der Waals surface area contributed by atoms with Crippen LogP contribution < -0.4 is 4.74 Å². The molecule has 0 aliphatic carbocycles. The number of methoxy groups -OCH3 is 1. The van der Waals surface area contributed by atoms with Gasteiger partial charge in [-0.2, -0.15) is 0 Å². The fourth-order valence-corrected chi connectivity index (χ4v) is 5.06. The average molecular weight is 511 g/mol. The molecule has 0 fully saturated rings. The molecule has 9 heteroatoms. The molecule has 192 valence electrons. The summed E-state index contributed by atoms with van der Waals surface area (Å²) in [6.45, 7) is 4.59. The van der Waals surface area contributed by atoms with E-state index in [1.165, 1.54) is 12.1 Å². The lowest BCUT2D eigenvalue weighted by molar-refractivity contribution is 0.393. The van der Waals surface area contributed by atoms with Crippen molar-refractivity contribution in [2.45, 2.75) is 20.3 Å². The van der Waals surface area contributed by atoms with E-state index < -0.39 is 0 Å². The van der Waals surface area contributed by atoms with E-state index in [0.29, 0.717) is 40.3 Å². The number of pyridine rings is 1. The average Bonchev–Trinajstić information content (AvgIpc) is 3.43. The highest BCUT2D eigenvalue weighted by Gasteiger charge is 2.22. The third kappa shape index (κ3) is 3.95. The number of likely N-dealkylation sites (N-methyl/N-ethyl adjacent to an activating group) is 1. The summed E-state index contributed by atoms with van der Waals surface area (Å²) in [5, 5.41) is 6.56. The van der Waals surface area contributed by atoms with Gasteiger partial charge in [-0.3, -0.25) is 4.98 Å². The van der Waals surface area contributed by atoms with Gasteiger partial charge in [-0.1, -0.05) is 5.16 Å². The highest BCUT2D eigenvalue weighted by atomic mass is 19.1. The third-order valence-electron chi connectivity index (χ3n) is 6.86. The molecule has 0 aliphatic heterocycles. The van der Waals surface area contributed by atoms with E-state index in [1.54, 1.807) is 19.4 Å². The molecule has 0 atom stereocenters. The molecule has 0 saturated carbocycles. The van der Waals surface area contributed by atoms with E-state index in [-0.39, 0.29) is 5.82 Å². The number of hydrogen-bond acceptors (Lipinski definition) is 7. The van der Waals surface area contributed by atoms with Crippen LogP contribution in [0.2, 0.25) is 0 Å². The number of halogens is 1. The maximum absolute atomic E-state index is 14.4. The van der Waals surface area contributed by atoms with Crippen LogP contribution in [0.5, 0.6) is 5.75 Å². The van der Waals surface area contributed by atoms with Crippen molar-refractivity contribution >= 4 is 32.8 Å². The Bertz CT molecular complexity index is 1820. The quantitative estimate of drug-likeness (QED) is 0.300. The molecule has 6 rings (SSSR count). The van der Waals surface area contributed by atoms with Gasteiger partial charge in [-0.15, -0.1) is 0 Å². The van der Waals surface area contributed by atoms with E-state index in [4.69, 9.17) is 19.2 Å². The van der Waals surface area contributed by atoms with Gasteiger partial charge in [0.15, 0.2) is 0 Å². The normalized spacial score (nSPS) is 11.9. The number of aryl methyl sites for hydroxylation is 2. The Hall–Kier alpha value is -4.37. The minimum absolute atomic E-state index is 0.324. The molecule has 2 aromatic carbocycles. The summed E-state index contributed by atoms with van der Waals surface area (Å²) in [5.41, 5.74) is 6.36. The minimum atomic E-state index is -0.324. The second-order valence-corrected chi connectivity index (χ2v) is 9.71. The Morgan fingerprint density at radius 3 is 2.61 bits per heavy atom. The molecule has 8 nitrogen and oxygen atoms in total. The summed E-state index contributed by atoms with van der Waals surface area (Å²) in [7, 11) is 5.68. The number of hydrogen-bond donors (Lipinski definition) is 1. The van der Waals surface area contributed by atoms with Crippen LogP contribution in [0.15, 0.2) is 47.1 Å². The van der Waals surface area contributed by atoms with Gasteiger partial charge in [0.1, 0.15) is 28.8 Å². The van der Waals surface area contributed by atoms with Crippen molar-refractivity contribution < 1.29 is 13.7 Å². The van der Waals surface area contributed by atoms with Crippen molar-refractivity contribution in [3.63, 3.8) is 0 Å². The Kier molecular flexibility index (Phi) is 5.80. The first-order valence-corrected chi connectivity index (χ1v) is 12.4. The number of nitrogens with zero attached hydrogens (tertiary/aromatic N) is 5.